The van der Waals surface area contributed by atoms with Gasteiger partial charge in [0.2, 0.25) is 0 Å². The fourth-order valence-electron chi connectivity index (χ4n) is 2.87. The maximum absolute atomic E-state index is 12.5. The zero-order valence-electron chi connectivity index (χ0n) is 13.2. The van der Waals surface area contributed by atoms with Crippen LogP contribution in [0.2, 0.25) is 5.02 Å². The minimum Gasteiger partial charge on any atom is -0.441 e. The number of fused-ring (bicyclic) bond motifs is 1. The predicted octanol–water partition coefficient (Wildman–Crippen LogP) is 2.68. The number of carbonyl (C=O) groups excluding carboxylic acids is 1. The summed E-state index contributed by atoms with van der Waals surface area (Å²) in [4.78, 5) is 24.9. The molecule has 6 nitrogen and oxygen atoms in total. The van der Waals surface area contributed by atoms with Crippen LogP contribution in [0.25, 0.3) is 10.9 Å². The number of nitrogens with zero attached hydrogens (tertiary/aromatic N) is 3. The summed E-state index contributed by atoms with van der Waals surface area (Å²) in [5, 5.41) is 8.85. The summed E-state index contributed by atoms with van der Waals surface area (Å²) in [6.45, 7) is -0.259. The van der Waals surface area contributed by atoms with Crippen LogP contribution >= 0.6 is 11.6 Å². The number of halogens is 1. The normalized spacial score (nSPS) is 15.1. The van der Waals surface area contributed by atoms with Gasteiger partial charge in [0.05, 0.1) is 10.8 Å². The molecule has 0 amide bonds. The van der Waals surface area contributed by atoms with E-state index in [2.05, 4.69) is 10.3 Å². The van der Waals surface area contributed by atoms with E-state index in [4.69, 9.17) is 16.3 Å². The molecule has 1 aliphatic rings. The SMILES string of the molecule is O=C(OCn1nnc2ccccc2c1=O)C1(c2ccc(Cl)cc2)CC1. The van der Waals surface area contributed by atoms with Gasteiger partial charge in [-0.1, -0.05) is 41.1 Å². The Kier molecular flexibility index (Phi) is 3.77. The van der Waals surface area contributed by atoms with E-state index in [0.29, 0.717) is 28.8 Å². The summed E-state index contributed by atoms with van der Waals surface area (Å²) >= 11 is 5.90. The Labute approximate surface area is 148 Å². The Morgan fingerprint density at radius 2 is 1.88 bits per heavy atom. The minimum atomic E-state index is -0.640. The molecule has 1 heterocycles. The molecule has 3 aromatic rings. The maximum atomic E-state index is 12.5. The number of carbonyl (C=O) groups is 1. The summed E-state index contributed by atoms with van der Waals surface area (Å²) in [6, 6.07) is 14.1. The molecule has 0 radical (unpaired) electrons. The first-order valence-electron chi connectivity index (χ1n) is 7.86. The molecule has 25 heavy (non-hydrogen) atoms. The van der Waals surface area contributed by atoms with Crippen molar-refractivity contribution in [1.82, 2.24) is 15.0 Å². The molecular weight excluding hydrogens is 342 g/mol. The van der Waals surface area contributed by atoms with Crippen LogP contribution in [-0.4, -0.2) is 21.0 Å². The molecule has 1 fully saturated rings. The average molecular weight is 356 g/mol. The molecule has 4 rings (SSSR count). The number of hydrogen-bond acceptors (Lipinski definition) is 5. The second kappa shape index (κ2) is 5.97. The first kappa shape index (κ1) is 15.8. The number of benzene rings is 2. The van der Waals surface area contributed by atoms with Gasteiger partial charge in [0.15, 0.2) is 6.73 Å². The molecule has 0 atom stereocenters. The topological polar surface area (TPSA) is 74.1 Å². The Morgan fingerprint density at radius 3 is 2.60 bits per heavy atom. The Morgan fingerprint density at radius 1 is 1.16 bits per heavy atom. The fourth-order valence-corrected chi connectivity index (χ4v) is 3.00. The van der Waals surface area contributed by atoms with Gasteiger partial charge in [-0.05, 0) is 42.7 Å². The monoisotopic (exact) mass is 355 g/mol. The number of hydrogen-bond donors (Lipinski definition) is 0. The van der Waals surface area contributed by atoms with Crippen molar-refractivity contribution >= 4 is 28.5 Å². The van der Waals surface area contributed by atoms with Gasteiger partial charge in [0.25, 0.3) is 5.56 Å². The fraction of sp³-hybridized carbons (Fsp3) is 0.222. The molecule has 7 heteroatoms. The van der Waals surface area contributed by atoms with Crippen LogP contribution in [0.4, 0.5) is 0 Å². The lowest BCUT2D eigenvalue weighted by atomic mass is 9.96. The second-order valence-electron chi connectivity index (χ2n) is 6.06. The van der Waals surface area contributed by atoms with Gasteiger partial charge in [-0.15, -0.1) is 5.10 Å². The highest BCUT2D eigenvalue weighted by Gasteiger charge is 2.52. The molecule has 0 bridgehead atoms. The Hall–Kier alpha value is -2.73. The lowest BCUT2D eigenvalue weighted by Crippen LogP contribution is -2.30. The van der Waals surface area contributed by atoms with E-state index in [1.807, 2.05) is 12.1 Å². The quantitative estimate of drug-likeness (QED) is 0.673. The first-order valence-corrected chi connectivity index (χ1v) is 8.24. The van der Waals surface area contributed by atoms with Crippen molar-refractivity contribution in [1.29, 1.82) is 0 Å². The number of rotatable bonds is 4. The van der Waals surface area contributed by atoms with Gasteiger partial charge >= 0.3 is 5.97 Å². The smallest absolute Gasteiger partial charge is 0.318 e. The van der Waals surface area contributed by atoms with Gasteiger partial charge in [-0.2, -0.15) is 4.68 Å². The van der Waals surface area contributed by atoms with Crippen LogP contribution in [0.15, 0.2) is 53.3 Å². The van der Waals surface area contributed by atoms with Crippen LogP contribution in [0, 0.1) is 0 Å². The highest BCUT2D eigenvalue weighted by atomic mass is 35.5. The van der Waals surface area contributed by atoms with Crippen molar-refractivity contribution in [2.75, 3.05) is 0 Å². The third-order valence-electron chi connectivity index (χ3n) is 4.48. The van der Waals surface area contributed by atoms with Crippen molar-refractivity contribution in [3.63, 3.8) is 0 Å². The van der Waals surface area contributed by atoms with Gasteiger partial charge in [0, 0.05) is 5.02 Å². The summed E-state index contributed by atoms with van der Waals surface area (Å²) in [5.41, 5.74) is 0.404. The van der Waals surface area contributed by atoms with Crippen molar-refractivity contribution in [3.05, 3.63) is 69.5 Å². The van der Waals surface area contributed by atoms with E-state index in [9.17, 15) is 9.59 Å². The van der Waals surface area contributed by atoms with Gasteiger partial charge in [-0.3, -0.25) is 9.59 Å². The standard InChI is InChI=1S/C18H14ClN3O3/c19-13-7-5-12(6-8-13)18(9-10-18)17(24)25-11-22-16(23)14-3-1-2-4-15(14)20-21-22/h1-8H,9-11H2. The van der Waals surface area contributed by atoms with E-state index < -0.39 is 5.41 Å². The molecule has 1 aliphatic carbocycles. The van der Waals surface area contributed by atoms with Crippen LogP contribution in [0.3, 0.4) is 0 Å². The second-order valence-corrected chi connectivity index (χ2v) is 6.50. The molecule has 2 aromatic carbocycles. The lowest BCUT2D eigenvalue weighted by Gasteiger charge is -2.15. The van der Waals surface area contributed by atoms with E-state index in [1.54, 1.807) is 36.4 Å². The van der Waals surface area contributed by atoms with Crippen LogP contribution in [-0.2, 0) is 21.7 Å². The summed E-state index contributed by atoms with van der Waals surface area (Å²) < 4.78 is 6.41. The van der Waals surface area contributed by atoms with E-state index >= 15 is 0 Å². The average Bonchev–Trinajstić information content (AvgIpc) is 3.44. The molecule has 1 aromatic heterocycles. The zero-order chi connectivity index (χ0) is 17.4. The number of aromatic nitrogens is 3. The van der Waals surface area contributed by atoms with Crippen molar-refractivity contribution in [3.8, 4) is 0 Å². The molecule has 0 spiro atoms. The zero-order valence-corrected chi connectivity index (χ0v) is 13.9. The molecule has 0 aliphatic heterocycles. The summed E-state index contributed by atoms with van der Waals surface area (Å²) in [5.74, 6) is -0.364. The molecule has 0 unspecified atom stereocenters. The van der Waals surface area contributed by atoms with Crippen molar-refractivity contribution in [2.24, 2.45) is 0 Å². The Balaban J connectivity index is 1.54. The van der Waals surface area contributed by atoms with E-state index in [0.717, 1.165) is 10.2 Å². The molecule has 0 saturated heterocycles. The third-order valence-corrected chi connectivity index (χ3v) is 4.74. The highest BCUT2D eigenvalue weighted by Crippen LogP contribution is 2.49. The minimum absolute atomic E-state index is 0.259. The molecular formula is C18H14ClN3O3. The van der Waals surface area contributed by atoms with Crippen molar-refractivity contribution in [2.45, 2.75) is 25.0 Å². The van der Waals surface area contributed by atoms with Gasteiger partial charge < -0.3 is 4.74 Å². The van der Waals surface area contributed by atoms with Gasteiger partial charge in [0.1, 0.15) is 5.52 Å². The predicted molar refractivity (Wildman–Crippen MR) is 92.3 cm³/mol. The number of esters is 1. The van der Waals surface area contributed by atoms with Crippen LogP contribution in [0.1, 0.15) is 18.4 Å². The highest BCUT2D eigenvalue weighted by molar-refractivity contribution is 6.30. The molecule has 0 N–H and O–H groups in total. The Bertz CT molecular complexity index is 1010. The summed E-state index contributed by atoms with van der Waals surface area (Å²) in [7, 11) is 0. The summed E-state index contributed by atoms with van der Waals surface area (Å²) in [6.07, 6.45) is 1.43. The maximum Gasteiger partial charge on any atom is 0.318 e. The molecule has 1 saturated carbocycles. The van der Waals surface area contributed by atoms with Crippen LogP contribution in [0.5, 0.6) is 0 Å². The largest absolute Gasteiger partial charge is 0.441 e. The van der Waals surface area contributed by atoms with Gasteiger partial charge in [-0.25, -0.2) is 0 Å². The third kappa shape index (κ3) is 2.78. The van der Waals surface area contributed by atoms with Crippen LogP contribution < -0.4 is 5.56 Å². The lowest BCUT2D eigenvalue weighted by molar-refractivity contribution is -0.151. The first-order chi connectivity index (χ1) is 12.1. The number of ether oxygens (including phenoxy) is 1. The molecule has 126 valence electrons. The van der Waals surface area contributed by atoms with E-state index in [1.165, 1.54) is 0 Å². The van der Waals surface area contributed by atoms with E-state index in [-0.39, 0.29) is 18.3 Å². The van der Waals surface area contributed by atoms with Crippen molar-refractivity contribution < 1.29 is 9.53 Å².